The molecular formula is C15H21NO. The summed E-state index contributed by atoms with van der Waals surface area (Å²) in [5, 5.41) is 1.26. The lowest BCUT2D eigenvalue weighted by Gasteiger charge is -2.00. The van der Waals surface area contributed by atoms with Crippen LogP contribution in [0.3, 0.4) is 0 Å². The summed E-state index contributed by atoms with van der Waals surface area (Å²) >= 11 is 0. The van der Waals surface area contributed by atoms with Gasteiger partial charge in [0.05, 0.1) is 6.54 Å². The van der Waals surface area contributed by atoms with Gasteiger partial charge in [-0.15, -0.1) is 0 Å². The lowest BCUT2D eigenvalue weighted by molar-refractivity contribution is 0.544. The minimum Gasteiger partial charge on any atom is -0.459 e. The van der Waals surface area contributed by atoms with Crippen molar-refractivity contribution >= 4 is 11.0 Å². The molecule has 0 bridgehead atoms. The highest BCUT2D eigenvalue weighted by Gasteiger charge is 2.12. The molecule has 1 aromatic carbocycles. The molecule has 2 aromatic rings. The molecular weight excluding hydrogens is 210 g/mol. The zero-order valence-corrected chi connectivity index (χ0v) is 10.8. The quantitative estimate of drug-likeness (QED) is 0.850. The lowest BCUT2D eigenvalue weighted by Crippen LogP contribution is -1.98. The minimum atomic E-state index is 0.493. The number of benzene rings is 1. The van der Waals surface area contributed by atoms with Crippen molar-refractivity contribution < 1.29 is 4.42 Å². The number of furan rings is 1. The maximum Gasteiger partial charge on any atom is 0.134 e. The molecule has 0 saturated carbocycles. The molecule has 0 saturated heterocycles. The van der Waals surface area contributed by atoms with Gasteiger partial charge in [0.2, 0.25) is 0 Å². The van der Waals surface area contributed by atoms with Gasteiger partial charge in [0.15, 0.2) is 0 Å². The number of rotatable bonds is 5. The van der Waals surface area contributed by atoms with Gasteiger partial charge in [-0.2, -0.15) is 0 Å². The van der Waals surface area contributed by atoms with Crippen LogP contribution in [0, 0.1) is 0 Å². The van der Waals surface area contributed by atoms with Crippen molar-refractivity contribution in [3.8, 4) is 0 Å². The van der Waals surface area contributed by atoms with Gasteiger partial charge < -0.3 is 10.2 Å². The molecule has 0 fully saturated rings. The van der Waals surface area contributed by atoms with E-state index < -0.39 is 0 Å². The topological polar surface area (TPSA) is 39.2 Å². The molecule has 0 atom stereocenters. The molecule has 0 radical (unpaired) electrons. The SMILES string of the molecule is CCCc1ccc2oc(CN)c(CCC)c2c1. The predicted molar refractivity (Wildman–Crippen MR) is 72.1 cm³/mol. The Morgan fingerprint density at radius 2 is 1.88 bits per heavy atom. The van der Waals surface area contributed by atoms with Crippen molar-refractivity contribution in [3.05, 3.63) is 35.1 Å². The van der Waals surface area contributed by atoms with Crippen LogP contribution < -0.4 is 5.73 Å². The van der Waals surface area contributed by atoms with Gasteiger partial charge in [0.25, 0.3) is 0 Å². The Kier molecular flexibility index (Phi) is 3.85. The molecule has 0 amide bonds. The Bertz CT molecular complexity index is 499. The van der Waals surface area contributed by atoms with Crippen LogP contribution in [0.15, 0.2) is 22.6 Å². The van der Waals surface area contributed by atoms with Crippen molar-refractivity contribution in [1.82, 2.24) is 0 Å². The van der Waals surface area contributed by atoms with Crippen LogP contribution in [0.25, 0.3) is 11.0 Å². The van der Waals surface area contributed by atoms with Gasteiger partial charge >= 0.3 is 0 Å². The van der Waals surface area contributed by atoms with Gasteiger partial charge in [0.1, 0.15) is 11.3 Å². The van der Waals surface area contributed by atoms with E-state index in [-0.39, 0.29) is 0 Å². The summed E-state index contributed by atoms with van der Waals surface area (Å²) in [6.45, 7) is 4.89. The fraction of sp³-hybridized carbons (Fsp3) is 0.467. The zero-order chi connectivity index (χ0) is 12.3. The van der Waals surface area contributed by atoms with Crippen LogP contribution in [0.1, 0.15) is 43.6 Å². The average Bonchev–Trinajstić information content (AvgIpc) is 2.68. The van der Waals surface area contributed by atoms with E-state index in [4.69, 9.17) is 10.2 Å². The fourth-order valence-electron chi connectivity index (χ4n) is 2.38. The van der Waals surface area contributed by atoms with E-state index >= 15 is 0 Å². The fourth-order valence-corrected chi connectivity index (χ4v) is 2.38. The van der Waals surface area contributed by atoms with Crippen molar-refractivity contribution in [1.29, 1.82) is 0 Å². The van der Waals surface area contributed by atoms with Crippen molar-refractivity contribution in [2.75, 3.05) is 0 Å². The van der Waals surface area contributed by atoms with Crippen molar-refractivity contribution in [2.24, 2.45) is 5.73 Å². The summed E-state index contributed by atoms with van der Waals surface area (Å²) in [6, 6.07) is 6.51. The van der Waals surface area contributed by atoms with E-state index in [1.54, 1.807) is 0 Å². The summed E-state index contributed by atoms with van der Waals surface area (Å²) in [7, 11) is 0. The highest BCUT2D eigenvalue weighted by Crippen LogP contribution is 2.28. The molecule has 0 spiro atoms. The Balaban J connectivity index is 2.52. The van der Waals surface area contributed by atoms with Crippen molar-refractivity contribution in [2.45, 2.75) is 46.1 Å². The molecule has 0 aliphatic heterocycles. The van der Waals surface area contributed by atoms with E-state index in [1.165, 1.54) is 22.9 Å². The molecule has 2 rings (SSSR count). The van der Waals surface area contributed by atoms with E-state index in [1.807, 2.05) is 0 Å². The lowest BCUT2D eigenvalue weighted by atomic mass is 10.0. The average molecular weight is 231 g/mol. The summed E-state index contributed by atoms with van der Waals surface area (Å²) < 4.78 is 5.81. The van der Waals surface area contributed by atoms with Crippen molar-refractivity contribution in [3.63, 3.8) is 0 Å². The molecule has 1 aromatic heterocycles. The van der Waals surface area contributed by atoms with Gasteiger partial charge in [-0.05, 0) is 30.5 Å². The number of nitrogens with two attached hydrogens (primary N) is 1. The summed E-state index contributed by atoms with van der Waals surface area (Å²) in [5.74, 6) is 0.954. The number of hydrogen-bond donors (Lipinski definition) is 1. The highest BCUT2D eigenvalue weighted by atomic mass is 16.3. The Labute approximate surface area is 103 Å². The van der Waals surface area contributed by atoms with Gasteiger partial charge in [-0.1, -0.05) is 32.8 Å². The third-order valence-corrected chi connectivity index (χ3v) is 3.16. The first-order valence-electron chi connectivity index (χ1n) is 6.53. The Morgan fingerprint density at radius 3 is 2.53 bits per heavy atom. The standard InChI is InChI=1S/C15H21NO/c1-3-5-11-7-8-14-13(9-11)12(6-4-2)15(10-16)17-14/h7-9H,3-6,10,16H2,1-2H3. The first-order chi connectivity index (χ1) is 8.30. The Morgan fingerprint density at radius 1 is 1.12 bits per heavy atom. The van der Waals surface area contributed by atoms with Gasteiger partial charge in [0, 0.05) is 10.9 Å². The molecule has 0 aliphatic rings. The third-order valence-electron chi connectivity index (χ3n) is 3.16. The van der Waals surface area contributed by atoms with Gasteiger partial charge in [-0.25, -0.2) is 0 Å². The highest BCUT2D eigenvalue weighted by molar-refractivity contribution is 5.83. The molecule has 2 nitrogen and oxygen atoms in total. The van der Waals surface area contributed by atoms with Crippen LogP contribution >= 0.6 is 0 Å². The first-order valence-corrected chi connectivity index (χ1v) is 6.53. The molecule has 0 unspecified atom stereocenters. The second-order valence-electron chi connectivity index (χ2n) is 4.54. The smallest absolute Gasteiger partial charge is 0.134 e. The van der Waals surface area contributed by atoms with Crippen LogP contribution in [-0.4, -0.2) is 0 Å². The summed E-state index contributed by atoms with van der Waals surface area (Å²) in [4.78, 5) is 0. The van der Waals surface area contributed by atoms with Crippen LogP contribution in [-0.2, 0) is 19.4 Å². The number of hydrogen-bond acceptors (Lipinski definition) is 2. The summed E-state index contributed by atoms with van der Waals surface area (Å²) in [6.07, 6.45) is 4.48. The summed E-state index contributed by atoms with van der Waals surface area (Å²) in [5.41, 5.74) is 9.43. The second kappa shape index (κ2) is 5.37. The van der Waals surface area contributed by atoms with Gasteiger partial charge in [-0.3, -0.25) is 0 Å². The molecule has 0 aliphatic carbocycles. The molecule has 2 N–H and O–H groups in total. The van der Waals surface area contributed by atoms with E-state index in [0.29, 0.717) is 6.54 Å². The Hall–Kier alpha value is -1.28. The first kappa shape index (κ1) is 12.2. The normalized spacial score (nSPS) is 11.2. The monoisotopic (exact) mass is 231 g/mol. The minimum absolute atomic E-state index is 0.493. The van der Waals surface area contributed by atoms with Crippen LogP contribution in [0.2, 0.25) is 0 Å². The number of aryl methyl sites for hydroxylation is 2. The molecule has 2 heteroatoms. The zero-order valence-electron chi connectivity index (χ0n) is 10.8. The van der Waals surface area contributed by atoms with E-state index in [2.05, 4.69) is 32.0 Å². The third kappa shape index (κ3) is 2.37. The molecule has 92 valence electrons. The second-order valence-corrected chi connectivity index (χ2v) is 4.54. The molecule has 17 heavy (non-hydrogen) atoms. The van der Waals surface area contributed by atoms with Crippen LogP contribution in [0.5, 0.6) is 0 Å². The maximum absolute atomic E-state index is 5.81. The van der Waals surface area contributed by atoms with E-state index in [9.17, 15) is 0 Å². The van der Waals surface area contributed by atoms with E-state index in [0.717, 1.165) is 30.6 Å². The number of fused-ring (bicyclic) bond motifs is 1. The molecule has 1 heterocycles. The largest absolute Gasteiger partial charge is 0.459 e. The maximum atomic E-state index is 5.81. The van der Waals surface area contributed by atoms with Crippen LogP contribution in [0.4, 0.5) is 0 Å². The predicted octanol–water partition coefficient (Wildman–Crippen LogP) is 3.80.